The Labute approximate surface area is 128 Å². The van der Waals surface area contributed by atoms with Gasteiger partial charge in [0.05, 0.1) is 10.5 Å². The molecule has 0 spiro atoms. The predicted octanol–water partition coefficient (Wildman–Crippen LogP) is 3.57. The number of amides is 1. The monoisotopic (exact) mass is 310 g/mol. The zero-order valence-corrected chi connectivity index (χ0v) is 12.8. The van der Waals surface area contributed by atoms with E-state index in [4.69, 9.17) is 11.6 Å². The summed E-state index contributed by atoms with van der Waals surface area (Å²) in [5, 5.41) is 14.0. The molecule has 1 N–H and O–H groups in total. The second kappa shape index (κ2) is 6.43. The largest absolute Gasteiger partial charge is 0.345 e. The number of rotatable bonds is 4. The van der Waals surface area contributed by atoms with Gasteiger partial charge >= 0.3 is 0 Å². The highest BCUT2D eigenvalue weighted by atomic mass is 35.5. The molecular formula is C15H19ClN2O3. The number of hydrogen-bond donors (Lipinski definition) is 1. The topological polar surface area (TPSA) is 72.2 Å². The van der Waals surface area contributed by atoms with Crippen molar-refractivity contribution in [3.63, 3.8) is 0 Å². The third kappa shape index (κ3) is 3.35. The number of halogens is 1. The first kappa shape index (κ1) is 15.8. The summed E-state index contributed by atoms with van der Waals surface area (Å²) >= 11 is 6.07. The van der Waals surface area contributed by atoms with Crippen molar-refractivity contribution in [2.45, 2.75) is 44.6 Å². The summed E-state index contributed by atoms with van der Waals surface area (Å²) in [6.45, 7) is 1.60. The zero-order chi connectivity index (χ0) is 15.5. The van der Waals surface area contributed by atoms with Crippen LogP contribution in [0.2, 0.25) is 0 Å². The number of benzene rings is 1. The Morgan fingerprint density at radius 3 is 2.62 bits per heavy atom. The fourth-order valence-corrected chi connectivity index (χ4v) is 3.23. The lowest BCUT2D eigenvalue weighted by Gasteiger charge is -2.36. The van der Waals surface area contributed by atoms with Crippen LogP contribution in [0.4, 0.5) is 5.69 Å². The molecule has 1 aliphatic carbocycles. The molecule has 0 aromatic heterocycles. The van der Waals surface area contributed by atoms with Gasteiger partial charge in [0, 0.05) is 23.1 Å². The molecule has 0 aliphatic heterocycles. The fraction of sp³-hybridized carbons (Fsp3) is 0.533. The Hall–Kier alpha value is -1.62. The van der Waals surface area contributed by atoms with E-state index in [1.807, 2.05) is 0 Å². The Morgan fingerprint density at radius 1 is 1.38 bits per heavy atom. The van der Waals surface area contributed by atoms with Gasteiger partial charge in [0.1, 0.15) is 0 Å². The minimum atomic E-state index is -0.468. The molecule has 1 aromatic rings. The second-order valence-electron chi connectivity index (χ2n) is 5.64. The van der Waals surface area contributed by atoms with Crippen LogP contribution >= 0.6 is 11.6 Å². The fourth-order valence-electron chi connectivity index (χ4n) is 2.90. The van der Waals surface area contributed by atoms with E-state index in [-0.39, 0.29) is 17.1 Å². The van der Waals surface area contributed by atoms with Gasteiger partial charge in [0.15, 0.2) is 0 Å². The van der Waals surface area contributed by atoms with Crippen LogP contribution in [0.1, 0.15) is 48.0 Å². The third-order valence-corrected chi connectivity index (χ3v) is 4.70. The van der Waals surface area contributed by atoms with Gasteiger partial charge < -0.3 is 5.32 Å². The van der Waals surface area contributed by atoms with Crippen LogP contribution < -0.4 is 5.32 Å². The van der Waals surface area contributed by atoms with E-state index in [0.29, 0.717) is 17.0 Å². The Bertz CT molecular complexity index is 554. The first-order valence-corrected chi connectivity index (χ1v) is 7.65. The van der Waals surface area contributed by atoms with Crippen LogP contribution in [0.5, 0.6) is 0 Å². The van der Waals surface area contributed by atoms with Crippen LogP contribution in [0.3, 0.4) is 0 Å². The number of alkyl halides is 1. The first-order valence-electron chi connectivity index (χ1n) is 7.11. The van der Waals surface area contributed by atoms with Crippen molar-refractivity contribution in [3.05, 3.63) is 39.4 Å². The van der Waals surface area contributed by atoms with Crippen LogP contribution in [-0.2, 0) is 0 Å². The van der Waals surface area contributed by atoms with Crippen molar-refractivity contribution in [2.75, 3.05) is 5.88 Å². The van der Waals surface area contributed by atoms with Gasteiger partial charge in [-0.3, -0.25) is 14.9 Å². The summed E-state index contributed by atoms with van der Waals surface area (Å²) < 4.78 is 0. The summed E-state index contributed by atoms with van der Waals surface area (Å²) in [5.74, 6) is 0.0888. The lowest BCUT2D eigenvalue weighted by atomic mass is 9.83. The Balaban J connectivity index is 2.24. The molecule has 0 atom stereocenters. The number of hydrogen-bond acceptors (Lipinski definition) is 3. The zero-order valence-electron chi connectivity index (χ0n) is 12.0. The van der Waals surface area contributed by atoms with Gasteiger partial charge in [-0.25, -0.2) is 0 Å². The molecule has 1 amide bonds. The van der Waals surface area contributed by atoms with E-state index in [9.17, 15) is 14.9 Å². The van der Waals surface area contributed by atoms with E-state index in [1.54, 1.807) is 13.0 Å². The normalized spacial score (nSPS) is 17.2. The molecule has 0 unspecified atom stereocenters. The van der Waals surface area contributed by atoms with Gasteiger partial charge in [-0.2, -0.15) is 0 Å². The molecule has 1 saturated carbocycles. The van der Waals surface area contributed by atoms with Crippen molar-refractivity contribution in [2.24, 2.45) is 0 Å². The minimum absolute atomic E-state index is 0.0359. The van der Waals surface area contributed by atoms with Crippen molar-refractivity contribution in [3.8, 4) is 0 Å². The number of carbonyl (C=O) groups is 1. The molecule has 0 bridgehead atoms. The molecule has 21 heavy (non-hydrogen) atoms. The number of nitrogens with one attached hydrogen (secondary N) is 1. The van der Waals surface area contributed by atoms with E-state index < -0.39 is 4.92 Å². The van der Waals surface area contributed by atoms with Crippen molar-refractivity contribution in [1.82, 2.24) is 5.32 Å². The molecular weight excluding hydrogens is 292 g/mol. The van der Waals surface area contributed by atoms with Gasteiger partial charge in [0.2, 0.25) is 0 Å². The van der Waals surface area contributed by atoms with Gasteiger partial charge in [-0.05, 0) is 25.8 Å². The number of nitro groups is 1. The van der Waals surface area contributed by atoms with Crippen molar-refractivity contribution in [1.29, 1.82) is 0 Å². The maximum absolute atomic E-state index is 12.5. The van der Waals surface area contributed by atoms with Gasteiger partial charge in [0.25, 0.3) is 11.6 Å². The Morgan fingerprint density at radius 2 is 2.05 bits per heavy atom. The van der Waals surface area contributed by atoms with Gasteiger partial charge in [-0.1, -0.05) is 25.3 Å². The molecule has 1 aliphatic rings. The summed E-state index contributed by atoms with van der Waals surface area (Å²) in [6, 6.07) is 4.56. The summed E-state index contributed by atoms with van der Waals surface area (Å²) in [7, 11) is 0. The molecule has 5 nitrogen and oxygen atoms in total. The standard InChI is InChI=1S/C15H19ClN2O3/c1-11-12(6-5-7-13(11)18(20)21)14(19)17-15(10-16)8-3-2-4-9-15/h5-7H,2-4,8-10H2,1H3,(H,17,19). The SMILES string of the molecule is Cc1c(C(=O)NC2(CCl)CCCCC2)cccc1[N+](=O)[O-]. The molecule has 0 heterocycles. The van der Waals surface area contributed by atoms with Gasteiger partial charge in [-0.15, -0.1) is 11.6 Å². The summed E-state index contributed by atoms with van der Waals surface area (Å²) in [5.41, 5.74) is 0.319. The van der Waals surface area contributed by atoms with Crippen LogP contribution in [0.15, 0.2) is 18.2 Å². The summed E-state index contributed by atoms with van der Waals surface area (Å²) in [6.07, 6.45) is 4.96. The van der Waals surface area contributed by atoms with E-state index in [1.165, 1.54) is 12.1 Å². The van der Waals surface area contributed by atoms with E-state index in [0.717, 1.165) is 32.1 Å². The predicted molar refractivity (Wildman–Crippen MR) is 81.8 cm³/mol. The Kier molecular flexibility index (Phi) is 4.83. The smallest absolute Gasteiger partial charge is 0.273 e. The number of nitro benzene ring substituents is 1. The molecule has 1 fully saturated rings. The highest BCUT2D eigenvalue weighted by molar-refractivity contribution is 6.19. The third-order valence-electron chi connectivity index (χ3n) is 4.19. The highest BCUT2D eigenvalue weighted by Gasteiger charge is 2.33. The van der Waals surface area contributed by atoms with Crippen molar-refractivity contribution < 1.29 is 9.72 Å². The quantitative estimate of drug-likeness (QED) is 0.525. The number of nitrogens with zero attached hydrogens (tertiary/aromatic N) is 1. The van der Waals surface area contributed by atoms with Crippen LogP contribution in [-0.4, -0.2) is 22.2 Å². The average molecular weight is 311 g/mol. The lowest BCUT2D eigenvalue weighted by Crippen LogP contribution is -2.51. The highest BCUT2D eigenvalue weighted by Crippen LogP contribution is 2.30. The molecule has 6 heteroatoms. The maximum atomic E-state index is 12.5. The average Bonchev–Trinajstić information content (AvgIpc) is 2.48. The molecule has 114 valence electrons. The molecule has 0 saturated heterocycles. The molecule has 1 aromatic carbocycles. The minimum Gasteiger partial charge on any atom is -0.345 e. The second-order valence-corrected chi connectivity index (χ2v) is 5.90. The van der Waals surface area contributed by atoms with Crippen LogP contribution in [0, 0.1) is 17.0 Å². The number of carbonyl (C=O) groups excluding carboxylic acids is 1. The van der Waals surface area contributed by atoms with Crippen molar-refractivity contribution >= 4 is 23.2 Å². The van der Waals surface area contributed by atoms with Crippen LogP contribution in [0.25, 0.3) is 0 Å². The molecule has 2 rings (SSSR count). The van der Waals surface area contributed by atoms with E-state index in [2.05, 4.69) is 5.32 Å². The lowest BCUT2D eigenvalue weighted by molar-refractivity contribution is -0.385. The maximum Gasteiger partial charge on any atom is 0.273 e. The van der Waals surface area contributed by atoms with E-state index >= 15 is 0 Å². The summed E-state index contributed by atoms with van der Waals surface area (Å²) in [4.78, 5) is 23.0. The first-order chi connectivity index (χ1) is 9.99. The molecule has 0 radical (unpaired) electrons.